The highest BCUT2D eigenvalue weighted by atomic mass is 32.2. The van der Waals surface area contributed by atoms with Crippen LogP contribution in [0.15, 0.2) is 18.2 Å². The van der Waals surface area contributed by atoms with Crippen molar-refractivity contribution in [1.82, 2.24) is 10.6 Å². The SMILES string of the molecule is COc1ccc(C)cc1NC(=O)CCCC[C@@H]1[C@H]2NC(=O)N[C@H]2CS1(=O)=O. The number of nitrogens with one attached hydrogen (secondary N) is 3. The number of amides is 3. The summed E-state index contributed by atoms with van der Waals surface area (Å²) < 4.78 is 29.8. The van der Waals surface area contributed by atoms with Crippen LogP contribution in [0.1, 0.15) is 31.2 Å². The van der Waals surface area contributed by atoms with Gasteiger partial charge in [0.25, 0.3) is 0 Å². The van der Waals surface area contributed by atoms with Crippen molar-refractivity contribution in [3.8, 4) is 5.75 Å². The first-order chi connectivity index (χ1) is 12.8. The first-order valence-electron chi connectivity index (χ1n) is 9.03. The number of carbonyl (C=O) groups is 2. The minimum atomic E-state index is -3.23. The van der Waals surface area contributed by atoms with Crippen molar-refractivity contribution in [3.63, 3.8) is 0 Å². The highest BCUT2D eigenvalue weighted by molar-refractivity contribution is 7.92. The molecule has 2 fully saturated rings. The lowest BCUT2D eigenvalue weighted by Crippen LogP contribution is -2.39. The van der Waals surface area contributed by atoms with Crippen LogP contribution >= 0.6 is 0 Å². The van der Waals surface area contributed by atoms with E-state index in [1.807, 2.05) is 19.1 Å². The van der Waals surface area contributed by atoms with Crippen LogP contribution in [0.2, 0.25) is 0 Å². The minimum Gasteiger partial charge on any atom is -0.495 e. The molecule has 1 aromatic carbocycles. The van der Waals surface area contributed by atoms with E-state index in [1.54, 1.807) is 13.2 Å². The van der Waals surface area contributed by atoms with Crippen LogP contribution in [-0.4, -0.2) is 50.6 Å². The lowest BCUT2D eigenvalue weighted by molar-refractivity contribution is -0.116. The number of carbonyl (C=O) groups excluding carboxylic acids is 2. The van der Waals surface area contributed by atoms with Gasteiger partial charge in [0.1, 0.15) is 5.75 Å². The van der Waals surface area contributed by atoms with E-state index in [-0.39, 0.29) is 29.8 Å². The van der Waals surface area contributed by atoms with E-state index in [0.29, 0.717) is 37.1 Å². The molecule has 0 unspecified atom stereocenters. The summed E-state index contributed by atoms with van der Waals surface area (Å²) in [5.74, 6) is 0.442. The molecule has 0 saturated carbocycles. The fraction of sp³-hybridized carbons (Fsp3) is 0.556. The number of hydrogen-bond donors (Lipinski definition) is 3. The predicted octanol–water partition coefficient (Wildman–Crippen LogP) is 1.35. The van der Waals surface area contributed by atoms with Crippen LogP contribution < -0.4 is 20.7 Å². The van der Waals surface area contributed by atoms with E-state index < -0.39 is 15.1 Å². The fourth-order valence-electron chi connectivity index (χ4n) is 3.77. The van der Waals surface area contributed by atoms with Gasteiger partial charge in [0.15, 0.2) is 9.84 Å². The zero-order valence-corrected chi connectivity index (χ0v) is 16.3. The van der Waals surface area contributed by atoms with Gasteiger partial charge >= 0.3 is 6.03 Å². The Labute approximate surface area is 159 Å². The Kier molecular flexibility index (Phi) is 5.59. The van der Waals surface area contributed by atoms with Crippen molar-refractivity contribution >= 4 is 27.5 Å². The molecule has 27 heavy (non-hydrogen) atoms. The number of aryl methyl sites for hydroxylation is 1. The molecule has 0 bridgehead atoms. The first kappa shape index (κ1) is 19.5. The van der Waals surface area contributed by atoms with Crippen molar-refractivity contribution in [2.45, 2.75) is 49.9 Å². The van der Waals surface area contributed by atoms with E-state index in [2.05, 4.69) is 16.0 Å². The summed E-state index contributed by atoms with van der Waals surface area (Å²) >= 11 is 0. The Balaban J connectivity index is 1.48. The largest absolute Gasteiger partial charge is 0.495 e. The van der Waals surface area contributed by atoms with Crippen LogP contribution in [-0.2, 0) is 14.6 Å². The maximum Gasteiger partial charge on any atom is 0.315 e. The summed E-state index contributed by atoms with van der Waals surface area (Å²) in [5, 5.41) is 7.61. The first-order valence-corrected chi connectivity index (χ1v) is 10.7. The molecular formula is C18H25N3O5S. The number of methoxy groups -OCH3 is 1. The number of ether oxygens (including phenoxy) is 1. The van der Waals surface area contributed by atoms with E-state index in [9.17, 15) is 18.0 Å². The smallest absolute Gasteiger partial charge is 0.315 e. The number of anilines is 1. The van der Waals surface area contributed by atoms with Gasteiger partial charge in [-0.15, -0.1) is 0 Å². The van der Waals surface area contributed by atoms with Gasteiger partial charge in [-0.3, -0.25) is 4.79 Å². The van der Waals surface area contributed by atoms with Crippen LogP contribution in [0, 0.1) is 6.92 Å². The predicted molar refractivity (Wildman–Crippen MR) is 102 cm³/mol. The van der Waals surface area contributed by atoms with E-state index in [1.165, 1.54) is 0 Å². The summed E-state index contributed by atoms with van der Waals surface area (Å²) in [6.07, 6.45) is 1.90. The molecule has 0 aliphatic carbocycles. The van der Waals surface area contributed by atoms with Crippen LogP contribution in [0.25, 0.3) is 0 Å². The molecule has 2 aliphatic rings. The maximum atomic E-state index is 12.3. The highest BCUT2D eigenvalue weighted by Gasteiger charge is 2.51. The minimum absolute atomic E-state index is 0.0191. The average molecular weight is 395 g/mol. The Hall–Kier alpha value is -2.29. The molecule has 2 aliphatic heterocycles. The van der Waals surface area contributed by atoms with Gasteiger partial charge in [-0.1, -0.05) is 12.5 Å². The number of hydrogen-bond acceptors (Lipinski definition) is 5. The van der Waals surface area contributed by atoms with E-state index >= 15 is 0 Å². The fourth-order valence-corrected chi connectivity index (χ4v) is 6.04. The average Bonchev–Trinajstić information content (AvgIpc) is 3.03. The molecule has 0 aromatic heterocycles. The monoisotopic (exact) mass is 395 g/mol. The third kappa shape index (κ3) is 4.35. The molecule has 8 nitrogen and oxygen atoms in total. The Morgan fingerprint density at radius 1 is 1.30 bits per heavy atom. The lowest BCUT2D eigenvalue weighted by atomic mass is 10.0. The Bertz CT molecular complexity index is 839. The standard InChI is InChI=1S/C18H25N3O5S/c1-11-7-8-14(26-2)12(9-11)19-16(22)6-4-3-5-15-17-13(10-27(15,24)25)20-18(23)21-17/h7-9,13,15,17H,3-6,10H2,1-2H3,(H,19,22)(H2,20,21,23)/t13-,15+,17-/m0/s1. The molecule has 0 radical (unpaired) electrons. The number of unbranched alkanes of at least 4 members (excludes halogenated alkanes) is 1. The zero-order valence-electron chi connectivity index (χ0n) is 15.4. The summed E-state index contributed by atoms with van der Waals surface area (Å²) in [4.78, 5) is 23.6. The number of sulfone groups is 1. The molecule has 3 rings (SSSR count). The molecule has 3 atom stereocenters. The van der Waals surface area contributed by atoms with E-state index in [4.69, 9.17) is 4.74 Å². The lowest BCUT2D eigenvalue weighted by Gasteiger charge is -2.16. The van der Waals surface area contributed by atoms with Crippen molar-refractivity contribution in [2.24, 2.45) is 0 Å². The third-order valence-corrected chi connectivity index (χ3v) is 7.37. The van der Waals surface area contributed by atoms with Gasteiger partial charge in [-0.05, 0) is 37.5 Å². The quantitative estimate of drug-likeness (QED) is 0.476. The van der Waals surface area contributed by atoms with E-state index in [0.717, 1.165) is 5.56 Å². The van der Waals surface area contributed by atoms with Gasteiger partial charge in [0, 0.05) is 6.42 Å². The summed E-state index contributed by atoms with van der Waals surface area (Å²) in [6.45, 7) is 1.93. The second-order valence-electron chi connectivity index (χ2n) is 7.12. The third-order valence-electron chi connectivity index (χ3n) is 5.09. The number of benzene rings is 1. The molecule has 1 aromatic rings. The molecular weight excluding hydrogens is 370 g/mol. The molecule has 3 amide bonds. The topological polar surface area (TPSA) is 114 Å². The van der Waals surface area contributed by atoms with Crippen molar-refractivity contribution < 1.29 is 22.7 Å². The molecule has 9 heteroatoms. The normalized spacial score (nSPS) is 25.4. The van der Waals surface area contributed by atoms with Crippen molar-refractivity contribution in [2.75, 3.05) is 18.2 Å². The molecule has 3 N–H and O–H groups in total. The molecule has 2 saturated heterocycles. The van der Waals surface area contributed by atoms with Crippen LogP contribution in [0.5, 0.6) is 5.75 Å². The number of urea groups is 1. The van der Waals surface area contributed by atoms with Gasteiger partial charge in [0.2, 0.25) is 5.91 Å². The zero-order chi connectivity index (χ0) is 19.6. The van der Waals surface area contributed by atoms with Crippen molar-refractivity contribution in [3.05, 3.63) is 23.8 Å². The van der Waals surface area contributed by atoms with Gasteiger partial charge in [0.05, 0.1) is 35.9 Å². The maximum absolute atomic E-state index is 12.3. The molecule has 0 spiro atoms. The van der Waals surface area contributed by atoms with Gasteiger partial charge in [-0.25, -0.2) is 13.2 Å². The second kappa shape index (κ2) is 7.75. The second-order valence-corrected chi connectivity index (χ2v) is 9.38. The van der Waals surface area contributed by atoms with Crippen molar-refractivity contribution in [1.29, 1.82) is 0 Å². The summed E-state index contributed by atoms with van der Waals surface area (Å²) in [6, 6.07) is 4.53. The summed E-state index contributed by atoms with van der Waals surface area (Å²) in [7, 11) is -1.68. The number of rotatable bonds is 7. The number of fused-ring (bicyclic) bond motifs is 1. The van der Waals surface area contributed by atoms with Crippen LogP contribution in [0.3, 0.4) is 0 Å². The van der Waals surface area contributed by atoms with Gasteiger partial charge < -0.3 is 20.7 Å². The Morgan fingerprint density at radius 2 is 2.07 bits per heavy atom. The molecule has 148 valence electrons. The summed E-state index contributed by atoms with van der Waals surface area (Å²) in [5.41, 5.74) is 1.64. The van der Waals surface area contributed by atoms with Gasteiger partial charge in [-0.2, -0.15) is 0 Å². The highest BCUT2D eigenvalue weighted by Crippen LogP contribution is 2.29. The van der Waals surface area contributed by atoms with Crippen LogP contribution in [0.4, 0.5) is 10.5 Å². The molecule has 2 heterocycles. The Morgan fingerprint density at radius 3 is 2.81 bits per heavy atom.